The highest BCUT2D eigenvalue weighted by molar-refractivity contribution is 7.80. The summed E-state index contributed by atoms with van der Waals surface area (Å²) in [6.45, 7) is 0. The van der Waals surface area contributed by atoms with Crippen LogP contribution in [-0.2, 0) is 0 Å². The van der Waals surface area contributed by atoms with Crippen LogP contribution in [0.15, 0.2) is 0 Å². The average Bonchev–Trinajstić information content (AvgIpc) is 1.79. The second-order valence-corrected chi connectivity index (χ2v) is 1.63. The van der Waals surface area contributed by atoms with E-state index in [1.807, 2.05) is 5.43 Å². The molecule has 0 aliphatic carbocycles. The molecule has 0 heterocycles. The number of carbonyl (C=O) groups excluding carboxylic acids is 1. The van der Waals surface area contributed by atoms with E-state index < -0.39 is 6.03 Å². The zero-order valence-corrected chi connectivity index (χ0v) is 5.73. The third kappa shape index (κ3) is 6.88. The van der Waals surface area contributed by atoms with E-state index in [4.69, 9.17) is 5.73 Å². The van der Waals surface area contributed by atoms with Gasteiger partial charge in [0, 0.05) is 0 Å². The fourth-order valence-electron chi connectivity index (χ4n) is 0.166. The van der Waals surface area contributed by atoms with Gasteiger partial charge in [-0.1, -0.05) is 0 Å². The van der Waals surface area contributed by atoms with Gasteiger partial charge in [-0.15, -0.1) is 5.53 Å². The van der Waals surface area contributed by atoms with E-state index in [1.165, 1.54) is 0 Å². The fraction of sp³-hybridized carbons (Fsp3) is 0. The molecular formula is C2H7N6OS. The van der Waals surface area contributed by atoms with Crippen LogP contribution in [0, 0.1) is 0 Å². The molecule has 7 N–H and O–H groups in total. The Morgan fingerprint density at radius 2 is 2.10 bits per heavy atom. The molecule has 0 aliphatic heterocycles. The third-order valence-corrected chi connectivity index (χ3v) is 0.503. The van der Waals surface area contributed by atoms with Crippen molar-refractivity contribution in [1.82, 2.24) is 21.9 Å². The van der Waals surface area contributed by atoms with Gasteiger partial charge in [-0.05, 0) is 17.8 Å². The van der Waals surface area contributed by atoms with E-state index in [0.717, 1.165) is 0 Å². The molecule has 10 heavy (non-hydrogen) atoms. The van der Waals surface area contributed by atoms with Gasteiger partial charge in [0.15, 0.2) is 5.11 Å². The summed E-state index contributed by atoms with van der Waals surface area (Å²) in [5, 5.41) is 0.00928. The number of carbonyl (C=O) groups is 1. The first-order chi connectivity index (χ1) is 4.63. The van der Waals surface area contributed by atoms with E-state index in [-0.39, 0.29) is 5.11 Å². The number of primary amides is 1. The monoisotopic (exact) mass is 163 g/mol. The summed E-state index contributed by atoms with van der Waals surface area (Å²) in [5.41, 5.74) is 19.0. The highest BCUT2D eigenvalue weighted by Gasteiger charge is 1.89. The van der Waals surface area contributed by atoms with Crippen LogP contribution < -0.4 is 33.4 Å². The first-order valence-corrected chi connectivity index (χ1v) is 2.59. The standard InChI is InChI=1S/C2H7N6OS/c3-1(9)5-7-8-6-2(4)10/h8H,(H3,3,5,9)(H3,4,6,10). The summed E-state index contributed by atoms with van der Waals surface area (Å²) in [7, 11) is 0. The van der Waals surface area contributed by atoms with Gasteiger partial charge in [0.25, 0.3) is 0 Å². The average molecular weight is 163 g/mol. The Kier molecular flexibility index (Phi) is 4.20. The number of thiocarbonyl (C=S) groups is 1. The topological polar surface area (TPSA) is 119 Å². The van der Waals surface area contributed by atoms with E-state index in [2.05, 4.69) is 34.4 Å². The molecule has 0 rings (SSSR count). The maximum absolute atomic E-state index is 9.93. The summed E-state index contributed by atoms with van der Waals surface area (Å²) < 4.78 is 0. The first kappa shape index (κ1) is 8.88. The quantitative estimate of drug-likeness (QED) is 0.178. The van der Waals surface area contributed by atoms with Crippen LogP contribution in [-0.4, -0.2) is 11.1 Å². The lowest BCUT2D eigenvalue weighted by Crippen LogP contribution is -2.51. The Morgan fingerprint density at radius 1 is 1.50 bits per heavy atom. The number of hydrogen-bond acceptors (Lipinski definition) is 3. The molecular weight excluding hydrogens is 156 g/mol. The maximum Gasteiger partial charge on any atom is 0.329 e. The predicted molar refractivity (Wildman–Crippen MR) is 37.9 cm³/mol. The summed E-state index contributed by atoms with van der Waals surface area (Å²) in [4.78, 5) is 9.93. The van der Waals surface area contributed by atoms with E-state index in [0.29, 0.717) is 0 Å². The molecule has 0 bridgehead atoms. The highest BCUT2D eigenvalue weighted by atomic mass is 32.1. The largest absolute Gasteiger partial charge is 0.375 e. The van der Waals surface area contributed by atoms with Crippen molar-refractivity contribution in [3.05, 3.63) is 0 Å². The number of hydrazine groups is 1. The lowest BCUT2D eigenvalue weighted by molar-refractivity contribution is 0.239. The van der Waals surface area contributed by atoms with Crippen LogP contribution in [0.4, 0.5) is 4.79 Å². The number of amides is 2. The lowest BCUT2D eigenvalue weighted by atomic mass is 11.1. The fourth-order valence-corrected chi connectivity index (χ4v) is 0.212. The van der Waals surface area contributed by atoms with Crippen LogP contribution in [0.1, 0.15) is 0 Å². The van der Waals surface area contributed by atoms with Crippen molar-refractivity contribution in [3.8, 4) is 0 Å². The number of urea groups is 1. The van der Waals surface area contributed by atoms with Crippen molar-refractivity contribution in [3.63, 3.8) is 0 Å². The number of nitrogens with zero attached hydrogens (tertiary/aromatic N) is 1. The van der Waals surface area contributed by atoms with Crippen LogP contribution in [0.5, 0.6) is 0 Å². The van der Waals surface area contributed by atoms with Gasteiger partial charge in [-0.3, -0.25) is 5.43 Å². The summed E-state index contributed by atoms with van der Waals surface area (Å²) in [6.07, 6.45) is 0. The van der Waals surface area contributed by atoms with E-state index in [9.17, 15) is 4.79 Å². The minimum absolute atomic E-state index is 0.00928. The first-order valence-electron chi connectivity index (χ1n) is 2.18. The minimum Gasteiger partial charge on any atom is -0.375 e. The maximum atomic E-state index is 9.93. The molecule has 0 unspecified atom stereocenters. The molecule has 8 heteroatoms. The van der Waals surface area contributed by atoms with Crippen molar-refractivity contribution in [2.75, 3.05) is 0 Å². The van der Waals surface area contributed by atoms with E-state index >= 15 is 0 Å². The summed E-state index contributed by atoms with van der Waals surface area (Å²) >= 11 is 4.37. The van der Waals surface area contributed by atoms with Crippen molar-refractivity contribution in [2.45, 2.75) is 0 Å². The number of nitrogens with two attached hydrogens (primary N) is 2. The molecule has 0 fully saturated rings. The number of hydrogen-bond donors (Lipinski definition) is 5. The van der Waals surface area contributed by atoms with E-state index in [1.54, 1.807) is 0 Å². The van der Waals surface area contributed by atoms with Crippen LogP contribution in [0.25, 0.3) is 0 Å². The van der Waals surface area contributed by atoms with Crippen molar-refractivity contribution in [2.24, 2.45) is 11.5 Å². The second-order valence-electron chi connectivity index (χ2n) is 1.19. The van der Waals surface area contributed by atoms with Crippen LogP contribution in [0.2, 0.25) is 0 Å². The molecule has 7 nitrogen and oxygen atoms in total. The highest BCUT2D eigenvalue weighted by Crippen LogP contribution is 1.48. The lowest BCUT2D eigenvalue weighted by Gasteiger charge is -2.03. The second kappa shape index (κ2) is 4.73. The van der Waals surface area contributed by atoms with Crippen LogP contribution >= 0.6 is 12.2 Å². The molecule has 2 amide bonds. The normalized spacial score (nSPS) is 8.40. The minimum atomic E-state index is -0.780. The third-order valence-electron chi connectivity index (χ3n) is 0.401. The Balaban J connectivity index is 3.06. The van der Waals surface area contributed by atoms with Gasteiger partial charge >= 0.3 is 6.03 Å². The Hall–Kier alpha value is -1.12. The molecule has 0 spiro atoms. The molecule has 0 aliphatic rings. The molecule has 0 aromatic carbocycles. The van der Waals surface area contributed by atoms with Crippen molar-refractivity contribution < 1.29 is 4.79 Å². The molecule has 57 valence electrons. The Bertz CT molecular complexity index is 120. The number of nitrogens with one attached hydrogen (secondary N) is 3. The summed E-state index contributed by atoms with van der Waals surface area (Å²) in [5.74, 6) is 0. The predicted octanol–water partition coefficient (Wildman–Crippen LogP) is -2.57. The Morgan fingerprint density at radius 3 is 2.50 bits per heavy atom. The van der Waals surface area contributed by atoms with Gasteiger partial charge in [-0.25, -0.2) is 10.2 Å². The molecule has 0 atom stereocenters. The molecule has 0 saturated carbocycles. The zero-order chi connectivity index (χ0) is 7.98. The summed E-state index contributed by atoms with van der Waals surface area (Å²) in [6, 6.07) is -0.780. The van der Waals surface area contributed by atoms with Gasteiger partial charge in [0.05, 0.1) is 0 Å². The Labute approximate surface area is 62.4 Å². The van der Waals surface area contributed by atoms with Gasteiger partial charge in [0.1, 0.15) is 0 Å². The van der Waals surface area contributed by atoms with Crippen LogP contribution in [0.3, 0.4) is 0 Å². The van der Waals surface area contributed by atoms with Gasteiger partial charge in [0.2, 0.25) is 0 Å². The van der Waals surface area contributed by atoms with Gasteiger partial charge < -0.3 is 11.5 Å². The zero-order valence-electron chi connectivity index (χ0n) is 4.92. The molecule has 0 aromatic heterocycles. The van der Waals surface area contributed by atoms with Gasteiger partial charge in [-0.2, -0.15) is 0 Å². The SMILES string of the molecule is NC(=O)N[N]NNC(N)=S. The number of rotatable bonds is 3. The molecule has 0 saturated heterocycles. The molecule has 1 radical (unpaired) electrons. The molecule has 0 aromatic rings. The van der Waals surface area contributed by atoms with Crippen molar-refractivity contribution >= 4 is 23.4 Å². The van der Waals surface area contributed by atoms with Crippen molar-refractivity contribution in [1.29, 1.82) is 0 Å². The smallest absolute Gasteiger partial charge is 0.329 e.